The third-order valence-corrected chi connectivity index (χ3v) is 3.90. The van der Waals surface area contributed by atoms with Gasteiger partial charge in [-0.1, -0.05) is 0 Å². The molecule has 1 heterocycles. The van der Waals surface area contributed by atoms with Crippen LogP contribution in [0.15, 0.2) is 0 Å². The fourth-order valence-corrected chi connectivity index (χ4v) is 2.85. The first-order chi connectivity index (χ1) is 8.63. The number of carbonyl (C=O) groups excluding carboxylic acids is 1. The molecule has 1 saturated carbocycles. The lowest BCUT2D eigenvalue weighted by Gasteiger charge is -2.35. The molecule has 2 rings (SSSR count). The zero-order chi connectivity index (χ0) is 13.1. The van der Waals surface area contributed by atoms with Crippen molar-refractivity contribution in [3.63, 3.8) is 0 Å². The predicted octanol–water partition coefficient (Wildman–Crippen LogP) is 2.22. The summed E-state index contributed by atoms with van der Waals surface area (Å²) in [5, 5.41) is 4.11. The number of esters is 1. The van der Waals surface area contributed by atoms with Gasteiger partial charge in [-0.2, -0.15) is 0 Å². The number of carbonyl (C=O) groups is 1. The number of rotatable bonds is 5. The lowest BCUT2D eigenvalue weighted by Crippen LogP contribution is -2.40. The van der Waals surface area contributed by atoms with E-state index in [9.17, 15) is 4.79 Å². The van der Waals surface area contributed by atoms with E-state index in [1.165, 1.54) is 18.4 Å². The van der Waals surface area contributed by atoms with Crippen LogP contribution < -0.4 is 5.32 Å². The molecule has 0 radical (unpaired) electrons. The van der Waals surface area contributed by atoms with E-state index in [1.807, 2.05) is 13.8 Å². The highest BCUT2D eigenvalue weighted by Gasteiger charge is 2.30. The molecule has 0 aliphatic heterocycles. The molecule has 18 heavy (non-hydrogen) atoms. The number of hydrogen-bond donors (Lipinski definition) is 1. The Balaban J connectivity index is 1.90. The van der Waals surface area contributed by atoms with Crippen molar-refractivity contribution in [2.75, 3.05) is 19.0 Å². The Labute approximate surface area is 111 Å². The fourth-order valence-electron chi connectivity index (χ4n) is 1.97. The summed E-state index contributed by atoms with van der Waals surface area (Å²) >= 11 is 1.49. The molecule has 0 unspecified atom stereocenters. The van der Waals surface area contributed by atoms with Gasteiger partial charge < -0.3 is 14.8 Å². The summed E-state index contributed by atoms with van der Waals surface area (Å²) in [5.74, 6) is -0.377. The second-order valence-corrected chi connectivity index (χ2v) is 5.51. The van der Waals surface area contributed by atoms with Crippen LogP contribution in [0.5, 0.6) is 0 Å². The van der Waals surface area contributed by atoms with E-state index in [0.717, 1.165) is 29.5 Å². The maximum atomic E-state index is 11.4. The van der Waals surface area contributed by atoms with E-state index in [2.05, 4.69) is 15.0 Å². The van der Waals surface area contributed by atoms with Crippen molar-refractivity contribution in [2.45, 2.75) is 38.8 Å². The quantitative estimate of drug-likeness (QED) is 0.831. The van der Waals surface area contributed by atoms with Crippen LogP contribution in [0, 0.1) is 6.92 Å². The second-order valence-electron chi connectivity index (χ2n) is 4.31. The van der Waals surface area contributed by atoms with Crippen molar-refractivity contribution in [2.24, 2.45) is 0 Å². The van der Waals surface area contributed by atoms with Crippen LogP contribution in [0.3, 0.4) is 0 Å². The minimum Gasteiger partial charge on any atom is -0.464 e. The molecule has 1 N–H and O–H groups in total. The maximum Gasteiger partial charge on any atom is 0.357 e. The third kappa shape index (κ3) is 2.81. The first kappa shape index (κ1) is 13.3. The second kappa shape index (κ2) is 5.67. The number of aryl methyl sites for hydroxylation is 1. The van der Waals surface area contributed by atoms with Crippen LogP contribution in [0.2, 0.25) is 0 Å². The molecule has 0 atom stereocenters. The Hall–Kier alpha value is -1.14. The predicted molar refractivity (Wildman–Crippen MR) is 70.2 cm³/mol. The lowest BCUT2D eigenvalue weighted by atomic mass is 9.89. The Morgan fingerprint density at radius 2 is 2.28 bits per heavy atom. The smallest absolute Gasteiger partial charge is 0.357 e. The van der Waals surface area contributed by atoms with Gasteiger partial charge in [0.25, 0.3) is 0 Å². The van der Waals surface area contributed by atoms with E-state index in [4.69, 9.17) is 4.74 Å². The highest BCUT2D eigenvalue weighted by atomic mass is 32.1. The van der Waals surface area contributed by atoms with Gasteiger partial charge in [0.2, 0.25) is 0 Å². The third-order valence-electron chi connectivity index (χ3n) is 3.00. The number of ether oxygens (including phenoxy) is 2. The number of nitrogens with one attached hydrogen (secondary N) is 1. The maximum absolute atomic E-state index is 11.4. The number of thiazole rings is 1. The average molecular weight is 270 g/mol. The summed E-state index contributed by atoms with van der Waals surface area (Å²) in [6.45, 7) is 4.65. The van der Waals surface area contributed by atoms with Crippen molar-refractivity contribution in [3.8, 4) is 0 Å². The summed E-state index contributed by atoms with van der Waals surface area (Å²) in [4.78, 5) is 16.6. The molecule has 1 aliphatic rings. The molecule has 1 aromatic heterocycles. The molecular weight excluding hydrogens is 252 g/mol. The van der Waals surface area contributed by atoms with Gasteiger partial charge >= 0.3 is 5.97 Å². The summed E-state index contributed by atoms with van der Waals surface area (Å²) in [7, 11) is 1.37. The van der Waals surface area contributed by atoms with E-state index < -0.39 is 0 Å². The van der Waals surface area contributed by atoms with Gasteiger partial charge in [-0.25, -0.2) is 9.78 Å². The molecule has 0 amide bonds. The number of nitrogens with zero attached hydrogens (tertiary/aromatic N) is 1. The molecule has 0 saturated heterocycles. The largest absolute Gasteiger partial charge is 0.464 e. The van der Waals surface area contributed by atoms with Crippen LogP contribution in [-0.4, -0.2) is 36.8 Å². The highest BCUT2D eigenvalue weighted by molar-refractivity contribution is 7.15. The van der Waals surface area contributed by atoms with Gasteiger partial charge in [0, 0.05) is 17.5 Å². The Morgan fingerprint density at radius 1 is 1.56 bits per heavy atom. The van der Waals surface area contributed by atoms with Crippen LogP contribution in [0.25, 0.3) is 0 Å². The number of aromatic nitrogens is 1. The minimum absolute atomic E-state index is 0.369. The molecule has 1 fully saturated rings. The van der Waals surface area contributed by atoms with Crippen molar-refractivity contribution in [1.29, 1.82) is 0 Å². The van der Waals surface area contributed by atoms with Gasteiger partial charge in [-0.3, -0.25) is 0 Å². The summed E-state index contributed by atoms with van der Waals surface area (Å²) in [5.41, 5.74) is 0.408. The highest BCUT2D eigenvalue weighted by Crippen LogP contribution is 2.30. The molecule has 1 aromatic rings. The molecule has 5 nitrogen and oxygen atoms in total. The van der Waals surface area contributed by atoms with Crippen LogP contribution in [0.1, 0.15) is 35.1 Å². The van der Waals surface area contributed by atoms with Crippen molar-refractivity contribution < 1.29 is 14.3 Å². The Kier molecular flexibility index (Phi) is 4.19. The molecule has 0 bridgehead atoms. The van der Waals surface area contributed by atoms with Crippen LogP contribution >= 0.6 is 11.3 Å². The van der Waals surface area contributed by atoms with E-state index in [-0.39, 0.29) is 5.97 Å². The molecular formula is C12H18N2O3S. The summed E-state index contributed by atoms with van der Waals surface area (Å²) in [6.07, 6.45) is 2.37. The Morgan fingerprint density at radius 3 is 2.89 bits per heavy atom. The standard InChI is InChI=1S/C12H18N2O3S/c1-4-17-9-5-8(6-9)13-12-14-10(7(2)18-12)11(15)16-3/h8-9H,4-6H2,1-3H3,(H,13,14). The van der Waals surface area contributed by atoms with Gasteiger partial charge in [0.05, 0.1) is 13.2 Å². The van der Waals surface area contributed by atoms with Gasteiger partial charge in [0.1, 0.15) is 0 Å². The zero-order valence-electron chi connectivity index (χ0n) is 10.9. The number of methoxy groups -OCH3 is 1. The van der Waals surface area contributed by atoms with Gasteiger partial charge in [-0.05, 0) is 26.7 Å². The normalized spacial score (nSPS) is 22.4. The van der Waals surface area contributed by atoms with E-state index in [1.54, 1.807) is 0 Å². The molecule has 0 spiro atoms. The summed E-state index contributed by atoms with van der Waals surface area (Å²) in [6, 6.07) is 0.401. The lowest BCUT2D eigenvalue weighted by molar-refractivity contribution is 0.00298. The molecule has 0 aromatic carbocycles. The number of hydrogen-bond acceptors (Lipinski definition) is 6. The van der Waals surface area contributed by atoms with Crippen LogP contribution in [-0.2, 0) is 9.47 Å². The fraction of sp³-hybridized carbons (Fsp3) is 0.667. The van der Waals surface area contributed by atoms with Crippen molar-refractivity contribution >= 4 is 22.4 Å². The van der Waals surface area contributed by atoms with Gasteiger partial charge in [-0.15, -0.1) is 11.3 Å². The average Bonchev–Trinajstić information content (AvgIpc) is 2.67. The first-order valence-electron chi connectivity index (χ1n) is 6.08. The molecule has 100 valence electrons. The van der Waals surface area contributed by atoms with E-state index >= 15 is 0 Å². The van der Waals surface area contributed by atoms with Crippen molar-refractivity contribution in [1.82, 2.24) is 4.98 Å². The summed E-state index contributed by atoms with van der Waals surface area (Å²) < 4.78 is 10.2. The zero-order valence-corrected chi connectivity index (χ0v) is 11.7. The topological polar surface area (TPSA) is 60.5 Å². The van der Waals surface area contributed by atoms with Crippen molar-refractivity contribution in [3.05, 3.63) is 10.6 Å². The Bertz CT molecular complexity index is 427. The van der Waals surface area contributed by atoms with E-state index in [0.29, 0.717) is 17.8 Å². The minimum atomic E-state index is -0.377. The van der Waals surface area contributed by atoms with Gasteiger partial charge in [0.15, 0.2) is 10.8 Å². The SMILES string of the molecule is CCOC1CC(Nc2nc(C(=O)OC)c(C)s2)C1. The molecule has 1 aliphatic carbocycles. The monoisotopic (exact) mass is 270 g/mol. The first-order valence-corrected chi connectivity index (χ1v) is 6.89. The van der Waals surface area contributed by atoms with Crippen LogP contribution in [0.4, 0.5) is 5.13 Å². The number of anilines is 1. The molecule has 6 heteroatoms.